The summed E-state index contributed by atoms with van der Waals surface area (Å²) in [6.45, 7) is 2.95. The molecule has 32 heavy (non-hydrogen) atoms. The number of nitrogens with one attached hydrogen (secondary N) is 1. The van der Waals surface area contributed by atoms with Crippen molar-refractivity contribution in [1.82, 2.24) is 5.32 Å². The molecule has 11 heteroatoms. The van der Waals surface area contributed by atoms with E-state index in [0.29, 0.717) is 25.8 Å². The summed E-state index contributed by atoms with van der Waals surface area (Å²) in [5.74, 6) is -1.10. The number of fused-ring (bicyclic) bond motifs is 2. The molecule has 10 atom stereocenters. The standard InChI is InChI=1S/C21H37NO10/c1-11(25)22-6-4-8-30-18-12-5-3-7-29-19-14(10-24)32-21(2,20(28)17(19)27)15(16(18)26)13(9-23)31-12/h12-20,23-24,26-28H,3-10H2,1-2H3,(H,22,25)/t12?,13-,14-,15-,16+,17+,18+,19-,20-,21+/m1/s1. The van der Waals surface area contributed by atoms with Crippen molar-refractivity contribution in [3.8, 4) is 0 Å². The average molecular weight is 464 g/mol. The number of aliphatic hydroxyl groups excluding tert-OH is 5. The Bertz CT molecular complexity index is 621. The summed E-state index contributed by atoms with van der Waals surface area (Å²) >= 11 is 0. The SMILES string of the molecule is CC(=O)NCCCO[C@H]1C2CCCO[C@H]3[C@H](O)[C@@H](O)[C@@](C)(O[C@@H]3CO)[C@@H]([C@@H]1O)[C@@H](CO)O2. The first-order valence-corrected chi connectivity index (χ1v) is 11.3. The zero-order valence-electron chi connectivity index (χ0n) is 18.6. The summed E-state index contributed by atoms with van der Waals surface area (Å²) in [4.78, 5) is 11.0. The lowest BCUT2D eigenvalue weighted by Crippen LogP contribution is -2.73. The van der Waals surface area contributed by atoms with Crippen molar-refractivity contribution in [2.75, 3.05) is 33.0 Å². The van der Waals surface area contributed by atoms with Crippen LogP contribution in [0, 0.1) is 5.92 Å². The van der Waals surface area contributed by atoms with Crippen molar-refractivity contribution in [1.29, 1.82) is 0 Å². The highest BCUT2D eigenvalue weighted by molar-refractivity contribution is 5.72. The van der Waals surface area contributed by atoms with Crippen LogP contribution in [-0.4, -0.2) is 119 Å². The smallest absolute Gasteiger partial charge is 0.216 e. The van der Waals surface area contributed by atoms with E-state index in [9.17, 15) is 30.3 Å². The fourth-order valence-electron chi connectivity index (χ4n) is 5.22. The van der Waals surface area contributed by atoms with E-state index in [-0.39, 0.29) is 19.1 Å². The van der Waals surface area contributed by atoms with Crippen LogP contribution < -0.4 is 5.32 Å². The summed E-state index contributed by atoms with van der Waals surface area (Å²) in [6.07, 6.45) is -6.57. The van der Waals surface area contributed by atoms with Crippen molar-refractivity contribution in [2.24, 2.45) is 5.92 Å². The quantitative estimate of drug-likeness (QED) is 0.226. The second-order valence-electron chi connectivity index (χ2n) is 9.02. The van der Waals surface area contributed by atoms with E-state index in [2.05, 4.69) is 5.32 Å². The Morgan fingerprint density at radius 1 is 1.16 bits per heavy atom. The van der Waals surface area contributed by atoms with Gasteiger partial charge in [-0.05, 0) is 26.2 Å². The maximum Gasteiger partial charge on any atom is 0.216 e. The highest BCUT2D eigenvalue weighted by Gasteiger charge is 2.62. The van der Waals surface area contributed by atoms with Gasteiger partial charge in [0.05, 0.1) is 31.5 Å². The summed E-state index contributed by atoms with van der Waals surface area (Å²) in [5, 5.41) is 55.7. The zero-order chi connectivity index (χ0) is 23.5. The Balaban J connectivity index is 1.88. The Labute approximate surface area is 187 Å². The second kappa shape index (κ2) is 11.0. The lowest BCUT2D eigenvalue weighted by atomic mass is 9.69. The number of hydrogen-bond acceptors (Lipinski definition) is 10. The van der Waals surface area contributed by atoms with Crippen LogP contribution in [-0.2, 0) is 23.7 Å². The molecule has 5 saturated heterocycles. The Hall–Kier alpha value is -0.890. The molecular formula is C21H37NO10. The molecule has 0 aromatic carbocycles. The third kappa shape index (κ3) is 5.11. The van der Waals surface area contributed by atoms with E-state index in [1.54, 1.807) is 0 Å². The molecule has 1 amide bonds. The van der Waals surface area contributed by atoms with Gasteiger partial charge in [0.25, 0.3) is 0 Å². The number of rotatable bonds is 7. The molecule has 0 spiro atoms. The van der Waals surface area contributed by atoms with Gasteiger partial charge in [-0.3, -0.25) is 4.79 Å². The maximum atomic E-state index is 11.4. The van der Waals surface area contributed by atoms with Crippen LogP contribution in [0.2, 0.25) is 0 Å². The van der Waals surface area contributed by atoms with E-state index in [0.717, 1.165) is 0 Å². The van der Waals surface area contributed by atoms with E-state index < -0.39 is 73.6 Å². The minimum absolute atomic E-state index is 0.143. The van der Waals surface area contributed by atoms with Gasteiger partial charge in [-0.15, -0.1) is 0 Å². The first-order chi connectivity index (χ1) is 15.2. The Kier molecular flexibility index (Phi) is 8.86. The van der Waals surface area contributed by atoms with Gasteiger partial charge in [-0.25, -0.2) is 0 Å². The van der Waals surface area contributed by atoms with Gasteiger partial charge in [0.1, 0.15) is 36.1 Å². The molecule has 5 rings (SSSR count). The topological polar surface area (TPSA) is 167 Å². The Morgan fingerprint density at radius 3 is 2.53 bits per heavy atom. The molecule has 0 aromatic rings. The van der Waals surface area contributed by atoms with Gasteiger partial charge in [0, 0.05) is 32.6 Å². The van der Waals surface area contributed by atoms with Crippen LogP contribution in [0.25, 0.3) is 0 Å². The average Bonchev–Trinajstić information content (AvgIpc) is 2.75. The lowest BCUT2D eigenvalue weighted by Gasteiger charge is -2.57. The van der Waals surface area contributed by atoms with Crippen LogP contribution in [0.3, 0.4) is 0 Å². The van der Waals surface area contributed by atoms with Gasteiger partial charge in [0.2, 0.25) is 5.91 Å². The molecule has 1 unspecified atom stereocenters. The van der Waals surface area contributed by atoms with Crippen molar-refractivity contribution >= 4 is 5.91 Å². The molecule has 6 N–H and O–H groups in total. The first-order valence-electron chi connectivity index (χ1n) is 11.3. The molecule has 0 radical (unpaired) electrons. The summed E-state index contributed by atoms with van der Waals surface area (Å²) in [5.41, 5.74) is -1.55. The Morgan fingerprint density at radius 2 is 1.88 bits per heavy atom. The monoisotopic (exact) mass is 463 g/mol. The predicted molar refractivity (Wildman–Crippen MR) is 110 cm³/mol. The molecule has 186 valence electrons. The lowest BCUT2D eigenvalue weighted by molar-refractivity contribution is -0.335. The van der Waals surface area contributed by atoms with Crippen LogP contribution in [0.1, 0.15) is 33.1 Å². The van der Waals surface area contributed by atoms with Crippen LogP contribution in [0.15, 0.2) is 0 Å². The van der Waals surface area contributed by atoms with Gasteiger partial charge < -0.3 is 49.8 Å². The van der Waals surface area contributed by atoms with Crippen molar-refractivity contribution in [3.63, 3.8) is 0 Å². The van der Waals surface area contributed by atoms with Gasteiger partial charge in [-0.1, -0.05) is 0 Å². The molecule has 5 aliphatic heterocycles. The minimum Gasteiger partial charge on any atom is -0.394 e. The molecule has 0 aliphatic carbocycles. The summed E-state index contributed by atoms with van der Waals surface area (Å²) in [6, 6.07) is 0. The molecule has 11 nitrogen and oxygen atoms in total. The van der Waals surface area contributed by atoms with Crippen LogP contribution in [0.4, 0.5) is 0 Å². The van der Waals surface area contributed by atoms with E-state index in [4.69, 9.17) is 18.9 Å². The minimum atomic E-state index is -1.55. The number of ether oxygens (including phenoxy) is 4. The van der Waals surface area contributed by atoms with Crippen molar-refractivity contribution in [3.05, 3.63) is 0 Å². The highest BCUT2D eigenvalue weighted by Crippen LogP contribution is 2.45. The first kappa shape index (κ1) is 25.7. The van der Waals surface area contributed by atoms with E-state index in [1.807, 2.05) is 0 Å². The second-order valence-corrected chi connectivity index (χ2v) is 9.02. The fourth-order valence-corrected chi connectivity index (χ4v) is 5.22. The molecule has 4 bridgehead atoms. The molecule has 5 heterocycles. The predicted octanol–water partition coefficient (Wildman–Crippen LogP) is -2.31. The van der Waals surface area contributed by atoms with Crippen molar-refractivity contribution < 1.29 is 49.3 Å². The largest absolute Gasteiger partial charge is 0.394 e. The molecule has 0 aromatic heterocycles. The van der Waals surface area contributed by atoms with Crippen molar-refractivity contribution in [2.45, 2.75) is 87.5 Å². The number of aliphatic hydroxyl groups is 5. The third-order valence-corrected chi connectivity index (χ3v) is 6.81. The summed E-state index contributed by atoms with van der Waals surface area (Å²) < 4.78 is 23.9. The number of carbonyl (C=O) groups is 1. The van der Waals surface area contributed by atoms with Crippen LogP contribution >= 0.6 is 0 Å². The van der Waals surface area contributed by atoms with Crippen LogP contribution in [0.5, 0.6) is 0 Å². The highest BCUT2D eigenvalue weighted by atomic mass is 16.6. The third-order valence-electron chi connectivity index (χ3n) is 6.81. The fraction of sp³-hybridized carbons (Fsp3) is 0.952. The number of amides is 1. The number of carbonyl (C=O) groups excluding carboxylic acids is 1. The van der Waals surface area contributed by atoms with E-state index >= 15 is 0 Å². The molecule has 5 aliphatic rings. The molecular weight excluding hydrogens is 426 g/mol. The molecule has 5 fully saturated rings. The van der Waals surface area contributed by atoms with Gasteiger partial charge in [0.15, 0.2) is 0 Å². The maximum absolute atomic E-state index is 11.4. The normalized spacial score (nSPS) is 44.7. The van der Waals surface area contributed by atoms with Gasteiger partial charge >= 0.3 is 0 Å². The summed E-state index contributed by atoms with van der Waals surface area (Å²) in [7, 11) is 0. The molecule has 0 saturated carbocycles. The number of hydrogen-bond donors (Lipinski definition) is 6. The van der Waals surface area contributed by atoms with Gasteiger partial charge in [-0.2, -0.15) is 0 Å². The van der Waals surface area contributed by atoms with E-state index in [1.165, 1.54) is 13.8 Å². The zero-order valence-corrected chi connectivity index (χ0v) is 18.6.